The van der Waals surface area contributed by atoms with Crippen molar-refractivity contribution in [3.8, 4) is 5.75 Å². The third-order valence-corrected chi connectivity index (χ3v) is 13.3. The molecule has 0 amide bonds. The van der Waals surface area contributed by atoms with Crippen molar-refractivity contribution in [1.29, 1.82) is 0 Å². The van der Waals surface area contributed by atoms with Crippen LogP contribution in [0.1, 0.15) is 61.4 Å². The van der Waals surface area contributed by atoms with Crippen molar-refractivity contribution < 1.29 is 47.5 Å². The number of hydrogen-bond donors (Lipinski definition) is 0. The average Bonchev–Trinajstić information content (AvgIpc) is 3.60. The van der Waals surface area contributed by atoms with Crippen LogP contribution in [0.5, 0.6) is 5.75 Å². The highest BCUT2D eigenvalue weighted by atomic mass is 16.7. The van der Waals surface area contributed by atoms with Crippen molar-refractivity contribution >= 4 is 11.9 Å². The van der Waals surface area contributed by atoms with Crippen LogP contribution >= 0.6 is 0 Å². The van der Waals surface area contributed by atoms with Gasteiger partial charge in [-0.1, -0.05) is 147 Å². The Balaban J connectivity index is 1.24. The Morgan fingerprint density at radius 1 is 0.500 bits per heavy atom. The predicted octanol–water partition coefficient (Wildman–Crippen LogP) is 8.97. The van der Waals surface area contributed by atoms with E-state index < -0.39 is 65.0 Å². The number of benzene rings is 5. The maximum absolute atomic E-state index is 15.1. The Kier molecular flexibility index (Phi) is 13.2. The number of methoxy groups -OCH3 is 1. The number of carbonyl (C=O) groups excluding carboxylic acids is 2. The minimum Gasteiger partial charge on any atom is -0.497 e. The maximum atomic E-state index is 15.1. The van der Waals surface area contributed by atoms with Crippen molar-refractivity contribution in [2.75, 3.05) is 7.11 Å². The molecular formula is C52H56O10. The molecule has 2 bridgehead atoms. The van der Waals surface area contributed by atoms with Gasteiger partial charge in [0.1, 0.15) is 36.3 Å². The fourth-order valence-corrected chi connectivity index (χ4v) is 9.11. The third-order valence-electron chi connectivity index (χ3n) is 13.3. The van der Waals surface area contributed by atoms with E-state index in [9.17, 15) is 4.79 Å². The van der Waals surface area contributed by atoms with Crippen molar-refractivity contribution in [3.63, 3.8) is 0 Å². The van der Waals surface area contributed by atoms with Crippen molar-refractivity contribution in [3.05, 3.63) is 173 Å². The largest absolute Gasteiger partial charge is 0.497 e. The first-order chi connectivity index (χ1) is 30.1. The highest BCUT2D eigenvalue weighted by Gasteiger charge is 2.77. The lowest BCUT2D eigenvalue weighted by atomic mass is 9.66. The van der Waals surface area contributed by atoms with Crippen molar-refractivity contribution in [2.45, 2.75) is 109 Å². The van der Waals surface area contributed by atoms with Gasteiger partial charge in [-0.15, -0.1) is 0 Å². The first-order valence-corrected chi connectivity index (χ1v) is 21.4. The molecule has 10 heteroatoms. The number of esters is 2. The van der Waals surface area contributed by atoms with E-state index in [4.69, 9.17) is 37.9 Å². The molecule has 2 aliphatic carbocycles. The Labute approximate surface area is 364 Å². The number of fused-ring (bicyclic) bond motifs is 2. The average molecular weight is 841 g/mol. The topological polar surface area (TPSA) is 108 Å². The minimum absolute atomic E-state index is 0.165. The summed E-state index contributed by atoms with van der Waals surface area (Å²) in [7, 11) is 1.63. The van der Waals surface area contributed by atoms with E-state index in [2.05, 4.69) is 0 Å². The lowest BCUT2D eigenvalue weighted by Gasteiger charge is -2.50. The second-order valence-corrected chi connectivity index (χ2v) is 17.2. The van der Waals surface area contributed by atoms with Crippen LogP contribution in [-0.4, -0.2) is 61.3 Å². The molecule has 1 saturated heterocycles. The molecule has 0 spiro atoms. The molecule has 62 heavy (non-hydrogen) atoms. The van der Waals surface area contributed by atoms with Crippen LogP contribution in [0.4, 0.5) is 0 Å². The van der Waals surface area contributed by atoms with E-state index in [1.54, 1.807) is 7.11 Å². The Bertz CT molecular complexity index is 2220. The molecule has 8 rings (SSSR count). The van der Waals surface area contributed by atoms with E-state index in [1.807, 2.05) is 166 Å². The van der Waals surface area contributed by atoms with Gasteiger partial charge in [-0.2, -0.15) is 0 Å². The summed E-state index contributed by atoms with van der Waals surface area (Å²) in [4.78, 5) is 28.6. The summed E-state index contributed by atoms with van der Waals surface area (Å²) in [5, 5.41) is 0. The zero-order valence-electron chi connectivity index (χ0n) is 35.9. The van der Waals surface area contributed by atoms with Gasteiger partial charge in [-0.05, 0) is 59.7 Å². The van der Waals surface area contributed by atoms with Gasteiger partial charge in [0, 0.05) is 5.41 Å². The summed E-state index contributed by atoms with van der Waals surface area (Å²) in [6.45, 7) is 6.64. The molecule has 5 aromatic carbocycles. The molecule has 3 aliphatic rings. The zero-order valence-corrected chi connectivity index (χ0v) is 35.9. The fourth-order valence-electron chi connectivity index (χ4n) is 9.11. The maximum Gasteiger partial charge on any atom is 0.351 e. The van der Waals surface area contributed by atoms with E-state index in [1.165, 1.54) is 0 Å². The van der Waals surface area contributed by atoms with Crippen LogP contribution in [0.2, 0.25) is 0 Å². The van der Waals surface area contributed by atoms with E-state index >= 15 is 4.79 Å². The van der Waals surface area contributed by atoms with Gasteiger partial charge >= 0.3 is 11.9 Å². The summed E-state index contributed by atoms with van der Waals surface area (Å²) in [6.07, 6.45) is -4.74. The van der Waals surface area contributed by atoms with E-state index in [0.717, 1.165) is 33.6 Å². The summed E-state index contributed by atoms with van der Waals surface area (Å²) in [5.74, 6) is -0.331. The van der Waals surface area contributed by atoms with Gasteiger partial charge < -0.3 is 37.9 Å². The third kappa shape index (κ3) is 8.80. The number of rotatable bonds is 18. The molecule has 5 aromatic rings. The summed E-state index contributed by atoms with van der Waals surface area (Å²) < 4.78 is 53.3. The number of ether oxygens (including phenoxy) is 8. The van der Waals surface area contributed by atoms with Crippen LogP contribution < -0.4 is 4.74 Å². The summed E-state index contributed by atoms with van der Waals surface area (Å²) in [6, 6.07) is 47.1. The van der Waals surface area contributed by atoms with Crippen molar-refractivity contribution in [1.82, 2.24) is 0 Å². The van der Waals surface area contributed by atoms with Gasteiger partial charge in [0.15, 0.2) is 6.10 Å². The lowest BCUT2D eigenvalue weighted by molar-refractivity contribution is -0.289. The van der Waals surface area contributed by atoms with Gasteiger partial charge in [-0.25, -0.2) is 4.79 Å². The molecule has 324 valence electrons. The molecule has 1 heterocycles. The van der Waals surface area contributed by atoms with Gasteiger partial charge in [0.05, 0.1) is 45.6 Å². The van der Waals surface area contributed by atoms with Crippen LogP contribution in [0.3, 0.4) is 0 Å². The molecule has 0 unspecified atom stereocenters. The van der Waals surface area contributed by atoms with Gasteiger partial charge in [0.2, 0.25) is 5.60 Å². The molecule has 0 radical (unpaired) electrons. The van der Waals surface area contributed by atoms with Crippen LogP contribution in [-0.2, 0) is 75.8 Å². The molecule has 10 nitrogen and oxygen atoms in total. The molecule has 3 fully saturated rings. The predicted molar refractivity (Wildman–Crippen MR) is 231 cm³/mol. The second kappa shape index (κ2) is 18.9. The highest BCUT2D eigenvalue weighted by molar-refractivity contribution is 5.93. The normalized spacial score (nSPS) is 27.4. The fraction of sp³-hybridized carbons (Fsp3) is 0.385. The minimum atomic E-state index is -1.52. The first-order valence-electron chi connectivity index (χ1n) is 21.4. The van der Waals surface area contributed by atoms with E-state index in [0.29, 0.717) is 12.8 Å². The smallest absolute Gasteiger partial charge is 0.351 e. The quantitative estimate of drug-likeness (QED) is 0.0794. The lowest BCUT2D eigenvalue weighted by Crippen LogP contribution is -2.68. The van der Waals surface area contributed by atoms with Gasteiger partial charge in [-0.3, -0.25) is 4.79 Å². The van der Waals surface area contributed by atoms with Gasteiger partial charge in [0.25, 0.3) is 0 Å². The molecule has 0 aromatic heterocycles. The SMILES string of the molecule is COc1ccc(CO[C@H]2[C@H](OCc3ccccc3)[C@@H](OCc3ccccc3)[C@H](OCc3ccccc3)[C@@H](OC(=O)[C@@]34CC[C@@](C)(C(=O)O3)C4(C)C)[C@H]2OCc2ccccc2)cc1. The summed E-state index contributed by atoms with van der Waals surface area (Å²) >= 11 is 0. The highest BCUT2D eigenvalue weighted by Crippen LogP contribution is 2.66. The van der Waals surface area contributed by atoms with Crippen LogP contribution in [0, 0.1) is 10.8 Å². The zero-order chi connectivity index (χ0) is 43.2. The monoisotopic (exact) mass is 840 g/mol. The first kappa shape index (κ1) is 43.3. The molecule has 2 saturated carbocycles. The number of carbonyl (C=O) groups is 2. The Morgan fingerprint density at radius 3 is 1.15 bits per heavy atom. The Hall–Kier alpha value is -5.36. The van der Waals surface area contributed by atoms with Crippen LogP contribution in [0.25, 0.3) is 0 Å². The standard InChI is InChI=1S/C52H56O10/c1-50(2)51(3)29-30-52(50,62-48(51)53)49(54)61-47-45(59-33-38-21-13-7-14-22-38)43(57-32-37-19-11-6-12-20-37)42(56-31-36-17-9-5-10-18-36)44(46(47)60-34-39-23-15-8-16-24-39)58-35-40-25-27-41(55-4)28-26-40/h5-28,42-47H,29-35H2,1-4H3/t42-,43-,44+,45+,46+,47-,51+,52-/m1/s1. The molecular weight excluding hydrogens is 785 g/mol. The molecule has 1 aliphatic heterocycles. The summed E-state index contributed by atoms with van der Waals surface area (Å²) in [5.41, 5.74) is 1.36. The van der Waals surface area contributed by atoms with Crippen molar-refractivity contribution in [2.24, 2.45) is 10.8 Å². The van der Waals surface area contributed by atoms with E-state index in [-0.39, 0.29) is 33.0 Å². The second-order valence-electron chi connectivity index (χ2n) is 17.2. The van der Waals surface area contributed by atoms with Crippen LogP contribution in [0.15, 0.2) is 146 Å². The molecule has 0 N–H and O–H groups in total. The molecule has 8 atom stereocenters. The number of hydrogen-bond acceptors (Lipinski definition) is 10. The Morgan fingerprint density at radius 2 is 0.839 bits per heavy atom.